The molecule has 0 bridgehead atoms. The molecule has 2 aromatic rings. The number of rotatable bonds is 8. The number of carbonyl (C=O) groups is 1. The average Bonchev–Trinajstić information content (AvgIpc) is 2.55. The number of phenols is 2. The molecular formula is C19H23NO4. The lowest BCUT2D eigenvalue weighted by atomic mass is 10.00. The zero-order chi connectivity index (χ0) is 17.5. The molecule has 128 valence electrons. The first-order valence-electron chi connectivity index (χ1n) is 8.26. The summed E-state index contributed by atoms with van der Waals surface area (Å²) in [5.74, 6) is -0.633. The normalized spacial score (nSPS) is 10.7. The molecule has 0 atom stereocenters. The van der Waals surface area contributed by atoms with E-state index in [4.69, 9.17) is 0 Å². The van der Waals surface area contributed by atoms with E-state index < -0.39 is 0 Å². The van der Waals surface area contributed by atoms with Crippen molar-refractivity contribution in [3.63, 3.8) is 0 Å². The number of nitrogens with zero attached hydrogens (tertiary/aromatic N) is 1. The molecule has 0 unspecified atom stereocenters. The summed E-state index contributed by atoms with van der Waals surface area (Å²) in [6, 6.07) is 7.40. The van der Waals surface area contributed by atoms with Gasteiger partial charge in [0.05, 0.1) is 12.1 Å². The summed E-state index contributed by atoms with van der Waals surface area (Å²) in [4.78, 5) is 24.1. The summed E-state index contributed by atoms with van der Waals surface area (Å²) in [7, 11) is 0. The number of aromatic hydroxyl groups is 2. The first-order valence-corrected chi connectivity index (χ1v) is 8.26. The van der Waals surface area contributed by atoms with Gasteiger partial charge in [-0.05, 0) is 30.5 Å². The Bertz CT molecular complexity index is 764. The first-order chi connectivity index (χ1) is 11.5. The molecule has 5 nitrogen and oxygen atoms in total. The van der Waals surface area contributed by atoms with E-state index in [1.807, 2.05) is 0 Å². The van der Waals surface area contributed by atoms with Crippen LogP contribution in [0.4, 0.5) is 0 Å². The molecule has 0 aliphatic carbocycles. The lowest BCUT2D eigenvalue weighted by Crippen LogP contribution is -2.22. The van der Waals surface area contributed by atoms with Crippen molar-refractivity contribution >= 4 is 5.78 Å². The topological polar surface area (TPSA) is 79.5 Å². The average molecular weight is 329 g/mol. The van der Waals surface area contributed by atoms with E-state index in [1.54, 1.807) is 12.1 Å². The molecule has 0 fully saturated rings. The van der Waals surface area contributed by atoms with Crippen LogP contribution in [0.5, 0.6) is 11.5 Å². The minimum atomic E-state index is -0.365. The van der Waals surface area contributed by atoms with Crippen molar-refractivity contribution in [3.05, 3.63) is 58.0 Å². The molecular weight excluding hydrogens is 306 g/mol. The molecule has 0 aliphatic rings. The maximum atomic E-state index is 12.4. The van der Waals surface area contributed by atoms with Crippen molar-refractivity contribution < 1.29 is 15.0 Å². The van der Waals surface area contributed by atoms with E-state index >= 15 is 0 Å². The van der Waals surface area contributed by atoms with Gasteiger partial charge in [0.15, 0.2) is 5.78 Å². The minimum absolute atomic E-state index is 0.00238. The second-order valence-corrected chi connectivity index (χ2v) is 5.90. The number of carbonyl (C=O) groups excluding carboxylic acids is 1. The Morgan fingerprint density at radius 2 is 1.88 bits per heavy atom. The molecule has 1 aromatic heterocycles. The lowest BCUT2D eigenvalue weighted by molar-refractivity contribution is 0.0968. The highest BCUT2D eigenvalue weighted by molar-refractivity contribution is 5.98. The Labute approximate surface area is 141 Å². The molecule has 24 heavy (non-hydrogen) atoms. The number of ketones is 1. The van der Waals surface area contributed by atoms with Crippen molar-refractivity contribution in [2.45, 2.75) is 45.6 Å². The summed E-state index contributed by atoms with van der Waals surface area (Å²) in [5.41, 5.74) is 0.505. The van der Waals surface area contributed by atoms with Crippen molar-refractivity contribution in [1.29, 1.82) is 0 Å². The van der Waals surface area contributed by atoms with Crippen molar-refractivity contribution in [2.75, 3.05) is 0 Å². The quantitative estimate of drug-likeness (QED) is 0.575. The van der Waals surface area contributed by atoms with Gasteiger partial charge in [0, 0.05) is 18.3 Å². The highest BCUT2D eigenvalue weighted by atomic mass is 16.3. The van der Waals surface area contributed by atoms with E-state index in [-0.39, 0.29) is 34.9 Å². The molecule has 0 amide bonds. The minimum Gasteiger partial charge on any atom is -0.508 e. The molecule has 0 spiro atoms. The van der Waals surface area contributed by atoms with Gasteiger partial charge in [0.25, 0.3) is 5.56 Å². The van der Waals surface area contributed by atoms with Gasteiger partial charge in [0.1, 0.15) is 11.5 Å². The van der Waals surface area contributed by atoms with Crippen LogP contribution in [0, 0.1) is 0 Å². The highest BCUT2D eigenvalue weighted by Gasteiger charge is 2.16. The Morgan fingerprint density at radius 3 is 2.58 bits per heavy atom. The molecule has 0 radical (unpaired) electrons. The zero-order valence-electron chi connectivity index (χ0n) is 13.9. The number of unbranched alkanes of at least 4 members (excludes halogenated alkanes) is 3. The molecule has 2 N–H and O–H groups in total. The summed E-state index contributed by atoms with van der Waals surface area (Å²) >= 11 is 0. The molecule has 0 saturated carbocycles. The van der Waals surface area contributed by atoms with Crippen molar-refractivity contribution in [2.24, 2.45) is 0 Å². The molecule has 5 heteroatoms. The first kappa shape index (κ1) is 17.8. The molecule has 0 saturated heterocycles. The predicted molar refractivity (Wildman–Crippen MR) is 92.7 cm³/mol. The van der Waals surface area contributed by atoms with Gasteiger partial charge >= 0.3 is 0 Å². The zero-order valence-corrected chi connectivity index (χ0v) is 13.9. The van der Waals surface area contributed by atoms with Gasteiger partial charge in [-0.15, -0.1) is 0 Å². The largest absolute Gasteiger partial charge is 0.508 e. The second kappa shape index (κ2) is 8.34. The van der Waals surface area contributed by atoms with E-state index in [0.717, 1.165) is 25.7 Å². The van der Waals surface area contributed by atoms with E-state index in [0.29, 0.717) is 12.0 Å². The van der Waals surface area contributed by atoms with Crippen LogP contribution in [0.3, 0.4) is 0 Å². The number of aromatic nitrogens is 1. The van der Waals surface area contributed by atoms with Crippen molar-refractivity contribution in [3.8, 4) is 11.5 Å². The number of Topliss-reactive ketones (excluding diaryl/α,β-unsaturated/α-hetero) is 1. The van der Waals surface area contributed by atoms with Crippen LogP contribution in [-0.4, -0.2) is 20.6 Å². The number of aryl methyl sites for hydroxylation is 1. The van der Waals surface area contributed by atoms with E-state index in [1.165, 1.54) is 29.0 Å². The third kappa shape index (κ3) is 4.47. The SMILES string of the molecule is CCCCCCc1cc(C(=O)Cn2ccccc2=O)c(O)cc1O. The molecule has 1 heterocycles. The molecule has 0 aliphatic heterocycles. The Hall–Kier alpha value is -2.56. The second-order valence-electron chi connectivity index (χ2n) is 5.90. The van der Waals surface area contributed by atoms with Gasteiger partial charge in [-0.2, -0.15) is 0 Å². The maximum Gasteiger partial charge on any atom is 0.250 e. The third-order valence-corrected chi connectivity index (χ3v) is 4.01. The Balaban J connectivity index is 2.18. The maximum absolute atomic E-state index is 12.4. The predicted octanol–water partition coefficient (Wildman–Crippen LogP) is 3.27. The van der Waals surface area contributed by atoms with Crippen LogP contribution < -0.4 is 5.56 Å². The van der Waals surface area contributed by atoms with Crippen LogP contribution in [-0.2, 0) is 13.0 Å². The van der Waals surface area contributed by atoms with E-state index in [9.17, 15) is 19.8 Å². The van der Waals surface area contributed by atoms with Gasteiger partial charge in [-0.1, -0.05) is 32.3 Å². The number of benzene rings is 1. The van der Waals surface area contributed by atoms with Gasteiger partial charge in [0.2, 0.25) is 0 Å². The van der Waals surface area contributed by atoms with Gasteiger partial charge in [-0.25, -0.2) is 0 Å². The van der Waals surface area contributed by atoms with Crippen molar-refractivity contribution in [1.82, 2.24) is 4.57 Å². The number of phenolic OH excluding ortho intramolecular Hbond substituents is 2. The number of hydrogen-bond donors (Lipinski definition) is 2. The summed E-state index contributed by atoms with van der Waals surface area (Å²) in [5, 5.41) is 19.9. The lowest BCUT2D eigenvalue weighted by Gasteiger charge is -2.10. The van der Waals surface area contributed by atoms with Crippen LogP contribution >= 0.6 is 0 Å². The highest BCUT2D eigenvalue weighted by Crippen LogP contribution is 2.29. The smallest absolute Gasteiger partial charge is 0.250 e. The Morgan fingerprint density at radius 1 is 1.08 bits per heavy atom. The van der Waals surface area contributed by atoms with Crippen LogP contribution in [0.15, 0.2) is 41.3 Å². The summed E-state index contributed by atoms with van der Waals surface area (Å²) in [6.07, 6.45) is 6.40. The fourth-order valence-corrected chi connectivity index (χ4v) is 2.62. The fourth-order valence-electron chi connectivity index (χ4n) is 2.62. The van der Waals surface area contributed by atoms with E-state index in [2.05, 4.69) is 6.92 Å². The van der Waals surface area contributed by atoms with Crippen LogP contribution in [0.2, 0.25) is 0 Å². The van der Waals surface area contributed by atoms with Gasteiger partial charge in [-0.3, -0.25) is 9.59 Å². The fraction of sp³-hybridized carbons (Fsp3) is 0.368. The molecule has 2 rings (SSSR count). The third-order valence-electron chi connectivity index (χ3n) is 4.01. The summed E-state index contributed by atoms with van der Waals surface area (Å²) < 4.78 is 1.29. The number of pyridine rings is 1. The summed E-state index contributed by atoms with van der Waals surface area (Å²) in [6.45, 7) is 1.98. The monoisotopic (exact) mass is 329 g/mol. The standard InChI is InChI=1S/C19H23NO4/c1-2-3-4-5-8-14-11-15(17(22)12-16(14)21)18(23)13-20-10-7-6-9-19(20)24/h6-7,9-12,21-22H,2-5,8,13H2,1H3. The van der Waals surface area contributed by atoms with Crippen LogP contribution in [0.1, 0.15) is 48.5 Å². The Kier molecular flexibility index (Phi) is 6.18. The van der Waals surface area contributed by atoms with Crippen LogP contribution in [0.25, 0.3) is 0 Å². The number of hydrogen-bond acceptors (Lipinski definition) is 4. The molecule has 1 aromatic carbocycles. The van der Waals surface area contributed by atoms with Gasteiger partial charge < -0.3 is 14.8 Å².